The second kappa shape index (κ2) is 6.85. The van der Waals surface area contributed by atoms with Crippen molar-refractivity contribution in [3.8, 4) is 5.75 Å². The SMILES string of the molecule is CCNCc1ccc(OCc2nnc(C)n2C)c(Br)c1. The minimum Gasteiger partial charge on any atom is -0.484 e. The van der Waals surface area contributed by atoms with Gasteiger partial charge in [-0.15, -0.1) is 10.2 Å². The number of hydrogen-bond acceptors (Lipinski definition) is 4. The first-order chi connectivity index (χ1) is 9.61. The molecule has 0 saturated carbocycles. The second-order valence-electron chi connectivity index (χ2n) is 4.56. The van der Waals surface area contributed by atoms with E-state index in [1.54, 1.807) is 0 Å². The quantitative estimate of drug-likeness (QED) is 0.879. The summed E-state index contributed by atoms with van der Waals surface area (Å²) in [6.45, 7) is 6.24. The molecule has 0 aliphatic rings. The van der Waals surface area contributed by atoms with Crippen molar-refractivity contribution in [1.82, 2.24) is 20.1 Å². The van der Waals surface area contributed by atoms with E-state index in [2.05, 4.69) is 50.5 Å². The van der Waals surface area contributed by atoms with Crippen LogP contribution in [0.4, 0.5) is 0 Å². The van der Waals surface area contributed by atoms with E-state index in [9.17, 15) is 0 Å². The molecule has 0 atom stereocenters. The number of nitrogens with one attached hydrogen (secondary N) is 1. The van der Waals surface area contributed by atoms with Gasteiger partial charge in [-0.2, -0.15) is 0 Å². The molecule has 0 fully saturated rings. The Morgan fingerprint density at radius 1 is 1.35 bits per heavy atom. The van der Waals surface area contributed by atoms with Gasteiger partial charge in [-0.05, 0) is 47.1 Å². The van der Waals surface area contributed by atoms with Gasteiger partial charge in [0.05, 0.1) is 4.47 Å². The van der Waals surface area contributed by atoms with Crippen LogP contribution in [0.1, 0.15) is 24.1 Å². The number of halogens is 1. The number of rotatable bonds is 6. The molecule has 0 saturated heterocycles. The van der Waals surface area contributed by atoms with Gasteiger partial charge < -0.3 is 14.6 Å². The monoisotopic (exact) mass is 338 g/mol. The predicted octanol–water partition coefficient (Wildman–Crippen LogP) is 2.57. The van der Waals surface area contributed by atoms with Crippen LogP contribution in [0.2, 0.25) is 0 Å². The van der Waals surface area contributed by atoms with Crippen LogP contribution in [0, 0.1) is 6.92 Å². The molecule has 5 nitrogen and oxygen atoms in total. The molecular formula is C14H19BrN4O. The third-order valence-corrected chi connectivity index (χ3v) is 3.73. The fourth-order valence-electron chi connectivity index (χ4n) is 1.76. The molecule has 0 radical (unpaired) electrons. The zero-order chi connectivity index (χ0) is 14.5. The average molecular weight is 339 g/mol. The lowest BCUT2D eigenvalue weighted by Gasteiger charge is -2.10. The molecule has 20 heavy (non-hydrogen) atoms. The highest BCUT2D eigenvalue weighted by Crippen LogP contribution is 2.26. The maximum absolute atomic E-state index is 5.79. The molecule has 2 aromatic rings. The molecular weight excluding hydrogens is 320 g/mol. The van der Waals surface area contributed by atoms with Gasteiger partial charge in [0, 0.05) is 13.6 Å². The molecule has 108 valence electrons. The third-order valence-electron chi connectivity index (χ3n) is 3.11. The van der Waals surface area contributed by atoms with Gasteiger partial charge in [-0.1, -0.05) is 13.0 Å². The van der Waals surface area contributed by atoms with Crippen LogP contribution >= 0.6 is 15.9 Å². The van der Waals surface area contributed by atoms with E-state index in [1.165, 1.54) is 5.56 Å². The molecule has 2 rings (SSSR count). The normalized spacial score (nSPS) is 10.8. The summed E-state index contributed by atoms with van der Waals surface area (Å²) in [6, 6.07) is 6.10. The number of ether oxygens (including phenoxy) is 1. The van der Waals surface area contributed by atoms with Crippen LogP contribution in [0.3, 0.4) is 0 Å². The summed E-state index contributed by atoms with van der Waals surface area (Å²) < 4.78 is 8.66. The van der Waals surface area contributed by atoms with Crippen molar-refractivity contribution in [2.24, 2.45) is 7.05 Å². The second-order valence-corrected chi connectivity index (χ2v) is 5.41. The molecule has 1 aromatic heterocycles. The zero-order valence-corrected chi connectivity index (χ0v) is 13.6. The smallest absolute Gasteiger partial charge is 0.170 e. The van der Waals surface area contributed by atoms with Gasteiger partial charge in [-0.3, -0.25) is 0 Å². The Balaban J connectivity index is 2.01. The summed E-state index contributed by atoms with van der Waals surface area (Å²) in [7, 11) is 1.93. The number of benzene rings is 1. The molecule has 1 heterocycles. The van der Waals surface area contributed by atoms with Gasteiger partial charge in [0.2, 0.25) is 0 Å². The first kappa shape index (κ1) is 15.0. The average Bonchev–Trinajstić information content (AvgIpc) is 2.76. The molecule has 6 heteroatoms. The largest absolute Gasteiger partial charge is 0.484 e. The lowest BCUT2D eigenvalue weighted by Crippen LogP contribution is -2.11. The van der Waals surface area contributed by atoms with Crippen LogP contribution < -0.4 is 10.1 Å². The van der Waals surface area contributed by atoms with Crippen LogP contribution in [0.5, 0.6) is 5.75 Å². The maximum atomic E-state index is 5.79. The molecule has 0 spiro atoms. The zero-order valence-electron chi connectivity index (χ0n) is 12.0. The summed E-state index contributed by atoms with van der Waals surface area (Å²) in [4.78, 5) is 0. The van der Waals surface area contributed by atoms with Crippen molar-refractivity contribution >= 4 is 15.9 Å². The number of aromatic nitrogens is 3. The van der Waals surface area contributed by atoms with Gasteiger partial charge in [0.1, 0.15) is 18.2 Å². The molecule has 0 unspecified atom stereocenters. The maximum Gasteiger partial charge on any atom is 0.170 e. The lowest BCUT2D eigenvalue weighted by molar-refractivity contribution is 0.289. The van der Waals surface area contributed by atoms with Gasteiger partial charge in [0.25, 0.3) is 0 Å². The summed E-state index contributed by atoms with van der Waals surface area (Å²) in [6.07, 6.45) is 0. The van der Waals surface area contributed by atoms with Gasteiger partial charge in [0.15, 0.2) is 5.82 Å². The summed E-state index contributed by atoms with van der Waals surface area (Å²) in [5, 5.41) is 11.4. The Labute approximate surface area is 127 Å². The highest BCUT2D eigenvalue weighted by Gasteiger charge is 2.08. The van der Waals surface area contributed by atoms with Crippen molar-refractivity contribution in [2.75, 3.05) is 6.54 Å². The van der Waals surface area contributed by atoms with Crippen molar-refractivity contribution in [3.05, 3.63) is 39.9 Å². The van der Waals surface area contributed by atoms with E-state index in [1.807, 2.05) is 24.6 Å². The number of aryl methyl sites for hydroxylation is 1. The highest BCUT2D eigenvalue weighted by atomic mass is 79.9. The van der Waals surface area contributed by atoms with Gasteiger partial charge in [-0.25, -0.2) is 0 Å². The molecule has 1 N–H and O–H groups in total. The highest BCUT2D eigenvalue weighted by molar-refractivity contribution is 9.10. The Morgan fingerprint density at radius 3 is 2.75 bits per heavy atom. The van der Waals surface area contributed by atoms with Crippen LogP contribution in [-0.4, -0.2) is 21.3 Å². The van der Waals surface area contributed by atoms with E-state index >= 15 is 0 Å². The van der Waals surface area contributed by atoms with E-state index in [-0.39, 0.29) is 0 Å². The van der Waals surface area contributed by atoms with Crippen molar-refractivity contribution in [2.45, 2.75) is 27.0 Å². The van der Waals surface area contributed by atoms with Crippen LogP contribution in [0.25, 0.3) is 0 Å². The molecule has 1 aromatic carbocycles. The first-order valence-corrected chi connectivity index (χ1v) is 7.38. The van der Waals surface area contributed by atoms with Crippen LogP contribution in [0.15, 0.2) is 22.7 Å². The van der Waals surface area contributed by atoms with E-state index in [4.69, 9.17) is 4.74 Å². The Morgan fingerprint density at radius 2 is 2.15 bits per heavy atom. The minimum absolute atomic E-state index is 0.405. The van der Waals surface area contributed by atoms with Crippen molar-refractivity contribution < 1.29 is 4.74 Å². The van der Waals surface area contributed by atoms with Crippen molar-refractivity contribution in [3.63, 3.8) is 0 Å². The fraction of sp³-hybridized carbons (Fsp3) is 0.429. The summed E-state index contributed by atoms with van der Waals surface area (Å²) >= 11 is 3.54. The van der Waals surface area contributed by atoms with Crippen molar-refractivity contribution in [1.29, 1.82) is 0 Å². The number of hydrogen-bond donors (Lipinski definition) is 1. The molecule has 0 amide bonds. The third kappa shape index (κ3) is 3.58. The number of nitrogens with zero attached hydrogens (tertiary/aromatic N) is 3. The van der Waals surface area contributed by atoms with E-state index < -0.39 is 0 Å². The Hall–Kier alpha value is -1.40. The topological polar surface area (TPSA) is 52.0 Å². The molecule has 0 aliphatic carbocycles. The Kier molecular flexibility index (Phi) is 5.14. The first-order valence-electron chi connectivity index (χ1n) is 6.58. The standard InChI is InChI=1S/C14H19BrN4O/c1-4-16-8-11-5-6-13(12(15)7-11)20-9-14-18-17-10(2)19(14)3/h5-7,16H,4,8-9H2,1-3H3. The Bertz CT molecular complexity index is 583. The van der Waals surface area contributed by atoms with Gasteiger partial charge >= 0.3 is 0 Å². The minimum atomic E-state index is 0.405. The molecule has 0 aliphatic heterocycles. The molecule has 0 bridgehead atoms. The summed E-state index contributed by atoms with van der Waals surface area (Å²) in [5.74, 6) is 2.50. The predicted molar refractivity (Wildman–Crippen MR) is 81.6 cm³/mol. The lowest BCUT2D eigenvalue weighted by atomic mass is 10.2. The van der Waals surface area contributed by atoms with Crippen LogP contribution in [-0.2, 0) is 20.2 Å². The van der Waals surface area contributed by atoms with E-state index in [0.29, 0.717) is 6.61 Å². The van der Waals surface area contributed by atoms with E-state index in [0.717, 1.165) is 35.0 Å². The fourth-order valence-corrected chi connectivity index (χ4v) is 2.30. The summed E-state index contributed by atoms with van der Waals surface area (Å²) in [5.41, 5.74) is 1.22.